The van der Waals surface area contributed by atoms with Gasteiger partial charge in [0.1, 0.15) is 13.2 Å². The second-order valence-electron chi connectivity index (χ2n) is 6.57. The fourth-order valence-corrected chi connectivity index (χ4v) is 3.75. The molecule has 10 heteroatoms. The second kappa shape index (κ2) is 9.52. The summed E-state index contributed by atoms with van der Waals surface area (Å²) in [6, 6.07) is 10.00. The number of sulfonamides is 1. The highest BCUT2D eigenvalue weighted by atomic mass is 32.2. The van der Waals surface area contributed by atoms with Gasteiger partial charge >= 0.3 is 5.97 Å². The number of rotatable bonds is 8. The minimum Gasteiger partial charge on any atom is -0.486 e. The second-order valence-corrected chi connectivity index (χ2v) is 8.25. The summed E-state index contributed by atoms with van der Waals surface area (Å²) < 4.78 is 43.7. The number of benzene rings is 2. The predicted molar refractivity (Wildman–Crippen MR) is 113 cm³/mol. The van der Waals surface area contributed by atoms with Gasteiger partial charge in [0.2, 0.25) is 0 Å². The normalized spacial score (nSPS) is 13.6. The molecule has 0 saturated heterocycles. The smallest absolute Gasteiger partial charge is 0.338 e. The summed E-state index contributed by atoms with van der Waals surface area (Å²) in [7, 11) is -3.88. The Morgan fingerprint density at radius 1 is 1.13 bits per heavy atom. The van der Waals surface area contributed by atoms with E-state index in [1.807, 2.05) is 0 Å². The van der Waals surface area contributed by atoms with Gasteiger partial charge in [-0.3, -0.25) is 9.52 Å². The van der Waals surface area contributed by atoms with E-state index in [4.69, 9.17) is 14.2 Å². The van der Waals surface area contributed by atoms with Gasteiger partial charge in [-0.25, -0.2) is 13.2 Å². The van der Waals surface area contributed by atoms with Crippen molar-refractivity contribution in [2.75, 3.05) is 24.5 Å². The van der Waals surface area contributed by atoms with Gasteiger partial charge in [-0.2, -0.15) is 0 Å². The molecule has 0 spiro atoms. The van der Waals surface area contributed by atoms with Crippen LogP contribution in [0.3, 0.4) is 0 Å². The average Bonchev–Trinajstić information content (AvgIpc) is 2.77. The Morgan fingerprint density at radius 2 is 1.81 bits per heavy atom. The van der Waals surface area contributed by atoms with E-state index in [2.05, 4.69) is 16.6 Å². The zero-order valence-corrected chi connectivity index (χ0v) is 17.6. The number of esters is 1. The molecule has 1 amide bonds. The molecule has 0 radical (unpaired) electrons. The molecule has 3 rings (SSSR count). The topological polar surface area (TPSA) is 120 Å². The summed E-state index contributed by atoms with van der Waals surface area (Å²) >= 11 is 0. The molecular weight excluding hydrogens is 424 g/mol. The zero-order valence-electron chi connectivity index (χ0n) is 16.8. The first kappa shape index (κ1) is 22.2. The minimum atomic E-state index is -3.88. The predicted octanol–water partition coefficient (Wildman–Crippen LogP) is 2.11. The number of hydrogen-bond donors (Lipinski definition) is 2. The molecule has 1 heterocycles. The van der Waals surface area contributed by atoms with Gasteiger partial charge in [0.25, 0.3) is 15.9 Å². The summed E-state index contributed by atoms with van der Waals surface area (Å²) in [5.41, 5.74) is 0.425. The van der Waals surface area contributed by atoms with Gasteiger partial charge in [0, 0.05) is 18.3 Å². The molecule has 0 aromatic heterocycles. The van der Waals surface area contributed by atoms with E-state index in [0.29, 0.717) is 24.7 Å². The van der Waals surface area contributed by atoms with Crippen molar-refractivity contribution in [1.29, 1.82) is 0 Å². The molecule has 0 saturated carbocycles. The van der Waals surface area contributed by atoms with Crippen molar-refractivity contribution in [3.8, 4) is 11.5 Å². The van der Waals surface area contributed by atoms with Crippen molar-refractivity contribution in [2.45, 2.75) is 17.9 Å². The number of carbonyl (C=O) groups excluding carboxylic acids is 2. The van der Waals surface area contributed by atoms with Crippen molar-refractivity contribution in [3.05, 3.63) is 60.7 Å². The highest BCUT2D eigenvalue weighted by molar-refractivity contribution is 7.92. The summed E-state index contributed by atoms with van der Waals surface area (Å²) in [6.45, 7) is 5.95. The molecule has 2 N–H and O–H groups in total. The van der Waals surface area contributed by atoms with Gasteiger partial charge in [0.15, 0.2) is 17.6 Å². The molecule has 0 fully saturated rings. The van der Waals surface area contributed by atoms with E-state index in [1.54, 1.807) is 0 Å². The third-order valence-corrected chi connectivity index (χ3v) is 5.65. The third-order valence-electron chi connectivity index (χ3n) is 4.27. The van der Waals surface area contributed by atoms with Crippen LogP contribution in [0.5, 0.6) is 11.5 Å². The Morgan fingerprint density at radius 3 is 2.48 bits per heavy atom. The third kappa shape index (κ3) is 5.54. The lowest BCUT2D eigenvalue weighted by atomic mass is 10.2. The first-order valence-electron chi connectivity index (χ1n) is 9.42. The Bertz CT molecular complexity index is 1080. The fraction of sp³-hybridized carbons (Fsp3) is 0.238. The van der Waals surface area contributed by atoms with E-state index < -0.39 is 28.0 Å². The van der Waals surface area contributed by atoms with Crippen LogP contribution in [0.15, 0.2) is 60.0 Å². The van der Waals surface area contributed by atoms with Gasteiger partial charge in [-0.05, 0) is 43.3 Å². The van der Waals surface area contributed by atoms with Gasteiger partial charge in [0.05, 0.1) is 10.5 Å². The molecular formula is C21H22N2O7S. The fourth-order valence-electron chi connectivity index (χ4n) is 2.68. The monoisotopic (exact) mass is 446 g/mol. The SMILES string of the molecule is C=CCNC(=O)C(C)OC(=O)c1ccc(NS(=O)(=O)c2ccc3c(c2)OCCO3)cc1. The Kier molecular flexibility index (Phi) is 6.81. The van der Waals surface area contributed by atoms with Gasteiger partial charge < -0.3 is 19.5 Å². The molecule has 0 aliphatic carbocycles. The lowest BCUT2D eigenvalue weighted by Crippen LogP contribution is -2.35. The summed E-state index contributed by atoms with van der Waals surface area (Å²) in [4.78, 5) is 24.0. The van der Waals surface area contributed by atoms with Crippen molar-refractivity contribution < 1.29 is 32.2 Å². The summed E-state index contributed by atoms with van der Waals surface area (Å²) in [6.07, 6.45) is 0.526. The zero-order chi connectivity index (χ0) is 22.4. The van der Waals surface area contributed by atoms with Gasteiger partial charge in [-0.15, -0.1) is 6.58 Å². The highest BCUT2D eigenvalue weighted by Gasteiger charge is 2.21. The molecule has 164 valence electrons. The summed E-state index contributed by atoms with van der Waals surface area (Å²) in [5.74, 6) is -0.307. The molecule has 2 aromatic carbocycles. The van der Waals surface area contributed by atoms with Crippen LogP contribution in [0.2, 0.25) is 0 Å². The number of fused-ring (bicyclic) bond motifs is 1. The highest BCUT2D eigenvalue weighted by Crippen LogP contribution is 2.32. The van der Waals surface area contributed by atoms with Crippen LogP contribution in [0.1, 0.15) is 17.3 Å². The maximum absolute atomic E-state index is 12.7. The molecule has 1 unspecified atom stereocenters. The maximum atomic E-state index is 12.7. The number of carbonyl (C=O) groups is 2. The molecule has 1 aliphatic heterocycles. The molecule has 31 heavy (non-hydrogen) atoms. The lowest BCUT2D eigenvalue weighted by molar-refractivity contribution is -0.128. The number of anilines is 1. The van der Waals surface area contributed by atoms with Crippen molar-refractivity contribution in [2.24, 2.45) is 0 Å². The quantitative estimate of drug-likeness (QED) is 0.471. The Labute approximate surface area is 180 Å². The number of hydrogen-bond acceptors (Lipinski definition) is 7. The van der Waals surface area contributed by atoms with E-state index in [0.717, 1.165) is 0 Å². The van der Waals surface area contributed by atoms with Crippen molar-refractivity contribution in [3.63, 3.8) is 0 Å². The largest absolute Gasteiger partial charge is 0.486 e. The molecule has 1 atom stereocenters. The molecule has 9 nitrogen and oxygen atoms in total. The van der Waals surface area contributed by atoms with Crippen LogP contribution in [-0.2, 0) is 19.6 Å². The maximum Gasteiger partial charge on any atom is 0.338 e. The minimum absolute atomic E-state index is 0.0135. The number of amides is 1. The van der Waals surface area contributed by atoms with Crippen LogP contribution in [0.25, 0.3) is 0 Å². The van der Waals surface area contributed by atoms with Crippen molar-refractivity contribution >= 4 is 27.6 Å². The van der Waals surface area contributed by atoms with Crippen molar-refractivity contribution in [1.82, 2.24) is 5.32 Å². The standard InChI is InChI=1S/C21H22N2O7S/c1-3-10-22-20(24)14(2)30-21(25)15-4-6-16(7-5-15)23-31(26,27)17-8-9-18-19(13-17)29-12-11-28-18/h3-9,13-14,23H,1,10-12H2,2H3,(H,22,24). The van der Waals surface area contributed by atoms with Gasteiger partial charge in [-0.1, -0.05) is 6.08 Å². The lowest BCUT2D eigenvalue weighted by Gasteiger charge is -2.19. The Balaban J connectivity index is 1.65. The van der Waals surface area contributed by atoms with Crippen LogP contribution < -0.4 is 19.5 Å². The van der Waals surface area contributed by atoms with E-state index >= 15 is 0 Å². The molecule has 1 aliphatic rings. The first-order chi connectivity index (χ1) is 14.8. The molecule has 2 aromatic rings. The van der Waals surface area contributed by atoms with Crippen LogP contribution in [0, 0.1) is 0 Å². The summed E-state index contributed by atoms with van der Waals surface area (Å²) in [5, 5.41) is 2.53. The number of nitrogens with one attached hydrogen (secondary N) is 2. The number of ether oxygens (including phenoxy) is 3. The van der Waals surface area contributed by atoms with Crippen LogP contribution in [0.4, 0.5) is 5.69 Å². The van der Waals surface area contributed by atoms with Crippen LogP contribution >= 0.6 is 0 Å². The van der Waals surface area contributed by atoms with Crippen LogP contribution in [-0.4, -0.2) is 46.2 Å². The first-order valence-corrected chi connectivity index (χ1v) is 10.9. The van der Waals surface area contributed by atoms with E-state index in [1.165, 1.54) is 55.5 Å². The Hall–Kier alpha value is -3.53. The average molecular weight is 446 g/mol. The van der Waals surface area contributed by atoms with E-state index in [-0.39, 0.29) is 22.7 Å². The van der Waals surface area contributed by atoms with E-state index in [9.17, 15) is 18.0 Å². The molecule has 0 bridgehead atoms.